The van der Waals surface area contributed by atoms with Crippen LogP contribution in [0, 0.1) is 0 Å². The van der Waals surface area contributed by atoms with Crippen LogP contribution in [0.15, 0.2) is 58.3 Å². The summed E-state index contributed by atoms with van der Waals surface area (Å²) in [5.41, 5.74) is 1.46. The molecular formula is C20H28N2O8S2. The van der Waals surface area contributed by atoms with Crippen molar-refractivity contribution in [3.63, 3.8) is 0 Å². The Labute approximate surface area is 188 Å². The maximum Gasteiger partial charge on any atom is 0.240 e. The largest absolute Gasteiger partial charge is 0.355 e. The molecule has 0 fully saturated rings. The van der Waals surface area contributed by atoms with Crippen LogP contribution < -0.4 is 9.44 Å². The van der Waals surface area contributed by atoms with Gasteiger partial charge in [0.1, 0.15) is 0 Å². The van der Waals surface area contributed by atoms with Crippen LogP contribution in [0.3, 0.4) is 0 Å². The molecule has 12 heteroatoms. The van der Waals surface area contributed by atoms with E-state index in [9.17, 15) is 16.8 Å². The molecule has 2 N–H and O–H groups in total. The van der Waals surface area contributed by atoms with Gasteiger partial charge in [-0.3, -0.25) is 0 Å². The van der Waals surface area contributed by atoms with Gasteiger partial charge in [0, 0.05) is 28.4 Å². The predicted molar refractivity (Wildman–Crippen MR) is 118 cm³/mol. The van der Waals surface area contributed by atoms with Gasteiger partial charge in [0.25, 0.3) is 0 Å². The SMILES string of the molecule is COC(CNS(=O)(=O)c1ccc(-c2ccc(S(=O)(=O)NCC(OC)OC)cc2)cc1)OC. The van der Waals surface area contributed by atoms with Crippen LogP contribution >= 0.6 is 0 Å². The standard InChI is InChI=1S/C20H28N2O8S2/c1-27-19(28-2)13-21-31(23,24)17-9-5-15(6-10-17)16-7-11-18(12-8-16)32(25,26)22-14-20(29-3)30-4/h5-12,19-22H,13-14H2,1-4H3. The monoisotopic (exact) mass is 488 g/mol. The van der Waals surface area contributed by atoms with Gasteiger partial charge in [0.05, 0.1) is 22.9 Å². The average Bonchev–Trinajstić information content (AvgIpc) is 2.80. The first-order chi connectivity index (χ1) is 15.2. The van der Waals surface area contributed by atoms with Gasteiger partial charge < -0.3 is 18.9 Å². The third kappa shape index (κ3) is 7.05. The molecule has 0 spiro atoms. The van der Waals surface area contributed by atoms with Crippen LogP contribution in [0.5, 0.6) is 0 Å². The van der Waals surface area contributed by atoms with Crippen LogP contribution in [0.4, 0.5) is 0 Å². The normalized spacial score (nSPS) is 12.6. The summed E-state index contributed by atoms with van der Waals surface area (Å²) in [6, 6.07) is 12.4. The molecule has 0 aromatic heterocycles. The Kier molecular flexibility index (Phi) is 9.73. The molecule has 0 bridgehead atoms. The number of hydrogen-bond acceptors (Lipinski definition) is 8. The van der Waals surface area contributed by atoms with Crippen LogP contribution in [0.1, 0.15) is 0 Å². The lowest BCUT2D eigenvalue weighted by atomic mass is 10.1. The third-order valence-corrected chi connectivity index (χ3v) is 7.47. The fourth-order valence-corrected chi connectivity index (χ4v) is 4.73. The van der Waals surface area contributed by atoms with E-state index < -0.39 is 32.6 Å². The second kappa shape index (κ2) is 11.8. The van der Waals surface area contributed by atoms with Gasteiger partial charge in [-0.1, -0.05) is 24.3 Å². The molecule has 0 aliphatic carbocycles. The topological polar surface area (TPSA) is 129 Å². The van der Waals surface area contributed by atoms with Crippen LogP contribution in [-0.2, 0) is 39.0 Å². The molecule has 0 atom stereocenters. The van der Waals surface area contributed by atoms with Crippen LogP contribution in [0.25, 0.3) is 11.1 Å². The fourth-order valence-electron chi connectivity index (χ4n) is 2.70. The number of sulfonamides is 2. The van der Waals surface area contributed by atoms with E-state index in [0.717, 1.165) is 11.1 Å². The van der Waals surface area contributed by atoms with Crippen LogP contribution in [-0.4, -0.2) is 70.9 Å². The van der Waals surface area contributed by atoms with E-state index >= 15 is 0 Å². The van der Waals surface area contributed by atoms with Crippen molar-refractivity contribution < 1.29 is 35.8 Å². The van der Waals surface area contributed by atoms with E-state index in [-0.39, 0.29) is 22.9 Å². The lowest BCUT2D eigenvalue weighted by molar-refractivity contribution is -0.0962. The van der Waals surface area contributed by atoms with Gasteiger partial charge in [-0.15, -0.1) is 0 Å². The molecule has 0 amide bonds. The highest BCUT2D eigenvalue weighted by Crippen LogP contribution is 2.23. The first kappa shape index (κ1) is 26.4. The smallest absolute Gasteiger partial charge is 0.240 e. The van der Waals surface area contributed by atoms with E-state index in [1.54, 1.807) is 24.3 Å². The zero-order chi connectivity index (χ0) is 23.8. The highest BCUT2D eigenvalue weighted by Gasteiger charge is 2.18. The second-order valence-corrected chi connectivity index (χ2v) is 10.1. The molecule has 0 saturated heterocycles. The van der Waals surface area contributed by atoms with E-state index in [4.69, 9.17) is 18.9 Å². The van der Waals surface area contributed by atoms with Gasteiger partial charge in [-0.2, -0.15) is 0 Å². The number of rotatable bonds is 13. The summed E-state index contributed by atoms with van der Waals surface area (Å²) in [6.45, 7) is -0.0624. The van der Waals surface area contributed by atoms with Crippen molar-refractivity contribution in [2.45, 2.75) is 22.4 Å². The van der Waals surface area contributed by atoms with E-state index in [0.29, 0.717) is 0 Å². The van der Waals surface area contributed by atoms with Crippen molar-refractivity contribution in [2.24, 2.45) is 0 Å². The number of ether oxygens (including phenoxy) is 4. The molecular weight excluding hydrogens is 460 g/mol. The number of methoxy groups -OCH3 is 4. The molecule has 0 aliphatic heterocycles. The summed E-state index contributed by atoms with van der Waals surface area (Å²) in [6.07, 6.45) is -1.38. The van der Waals surface area contributed by atoms with Crippen molar-refractivity contribution in [1.29, 1.82) is 0 Å². The van der Waals surface area contributed by atoms with Crippen molar-refractivity contribution in [2.75, 3.05) is 41.5 Å². The molecule has 32 heavy (non-hydrogen) atoms. The van der Waals surface area contributed by atoms with Gasteiger partial charge >= 0.3 is 0 Å². The Balaban J connectivity index is 2.10. The third-order valence-electron chi connectivity index (χ3n) is 4.59. The highest BCUT2D eigenvalue weighted by atomic mass is 32.2. The Morgan fingerprint density at radius 1 is 0.594 bits per heavy atom. The maximum atomic E-state index is 12.4. The summed E-state index contributed by atoms with van der Waals surface area (Å²) in [4.78, 5) is 0.169. The lowest BCUT2D eigenvalue weighted by Crippen LogP contribution is -2.34. The van der Waals surface area contributed by atoms with Crippen molar-refractivity contribution in [3.8, 4) is 11.1 Å². The maximum absolute atomic E-state index is 12.4. The second-order valence-electron chi connectivity index (χ2n) is 6.55. The fraction of sp³-hybridized carbons (Fsp3) is 0.400. The molecule has 2 rings (SSSR count). The summed E-state index contributed by atoms with van der Waals surface area (Å²) in [7, 11) is -1.81. The molecule has 0 aliphatic rings. The average molecular weight is 489 g/mol. The molecule has 2 aromatic rings. The number of hydrogen-bond donors (Lipinski definition) is 2. The summed E-state index contributed by atoms with van der Waals surface area (Å²) >= 11 is 0. The molecule has 178 valence electrons. The molecule has 0 heterocycles. The minimum absolute atomic E-state index is 0.0312. The quantitative estimate of drug-likeness (QED) is 0.402. The Hall–Kier alpha value is -1.90. The van der Waals surface area contributed by atoms with E-state index in [1.165, 1.54) is 52.7 Å². The summed E-state index contributed by atoms with van der Waals surface area (Å²) in [5, 5.41) is 0. The molecule has 10 nitrogen and oxygen atoms in total. The Bertz CT molecular complexity index is 960. The van der Waals surface area contributed by atoms with Crippen molar-refractivity contribution in [1.82, 2.24) is 9.44 Å². The summed E-state index contributed by atoms with van der Waals surface area (Å²) in [5.74, 6) is 0. The van der Waals surface area contributed by atoms with Crippen molar-refractivity contribution in [3.05, 3.63) is 48.5 Å². The zero-order valence-electron chi connectivity index (χ0n) is 18.3. The first-order valence-electron chi connectivity index (χ1n) is 9.48. The zero-order valence-corrected chi connectivity index (χ0v) is 19.9. The molecule has 0 saturated carbocycles. The van der Waals surface area contributed by atoms with Gasteiger partial charge in [0.15, 0.2) is 12.6 Å². The van der Waals surface area contributed by atoms with Gasteiger partial charge in [0.2, 0.25) is 20.0 Å². The minimum atomic E-state index is -3.74. The molecule has 0 radical (unpaired) electrons. The number of nitrogens with one attached hydrogen (secondary N) is 2. The molecule has 2 aromatic carbocycles. The Morgan fingerprint density at radius 3 is 1.12 bits per heavy atom. The van der Waals surface area contributed by atoms with E-state index in [2.05, 4.69) is 9.44 Å². The lowest BCUT2D eigenvalue weighted by Gasteiger charge is -2.15. The van der Waals surface area contributed by atoms with Crippen LogP contribution in [0.2, 0.25) is 0 Å². The Morgan fingerprint density at radius 2 is 0.875 bits per heavy atom. The first-order valence-corrected chi connectivity index (χ1v) is 12.4. The number of benzene rings is 2. The van der Waals surface area contributed by atoms with E-state index in [1.807, 2.05) is 0 Å². The highest BCUT2D eigenvalue weighted by molar-refractivity contribution is 7.89. The van der Waals surface area contributed by atoms with Crippen molar-refractivity contribution >= 4 is 20.0 Å². The van der Waals surface area contributed by atoms with Gasteiger partial charge in [-0.25, -0.2) is 26.3 Å². The predicted octanol–water partition coefficient (Wildman–Crippen LogP) is 1.15. The van der Waals surface area contributed by atoms with Gasteiger partial charge in [-0.05, 0) is 35.4 Å². The minimum Gasteiger partial charge on any atom is -0.355 e. The summed E-state index contributed by atoms with van der Waals surface area (Å²) < 4.78 is 74.4. The molecule has 0 unspecified atom stereocenters.